The largest absolute Gasteiger partial charge is 0.293 e. The van der Waals surface area contributed by atoms with Crippen LogP contribution in [-0.4, -0.2) is 23.1 Å². The molecular formula is C21H12O4. The zero-order valence-corrected chi connectivity index (χ0v) is 13.2. The van der Waals surface area contributed by atoms with Crippen LogP contribution in [0.25, 0.3) is 0 Å². The van der Waals surface area contributed by atoms with E-state index in [9.17, 15) is 19.2 Å². The first kappa shape index (κ1) is 14.2. The van der Waals surface area contributed by atoms with Crippen LogP contribution in [-0.2, 0) is 12.8 Å². The minimum Gasteiger partial charge on any atom is -0.293 e. The second-order valence-corrected chi connectivity index (χ2v) is 6.83. The van der Waals surface area contributed by atoms with E-state index >= 15 is 0 Å². The molecule has 0 radical (unpaired) electrons. The van der Waals surface area contributed by atoms with Gasteiger partial charge in [0.05, 0.1) is 0 Å². The molecule has 0 unspecified atom stereocenters. The summed E-state index contributed by atoms with van der Waals surface area (Å²) in [5.74, 6) is -0.809. The Bertz CT molecular complexity index is 1040. The van der Waals surface area contributed by atoms with Crippen molar-refractivity contribution in [2.75, 3.05) is 0 Å². The molecule has 0 aliphatic heterocycles. The number of carbonyl (C=O) groups is 4. The predicted octanol–water partition coefficient (Wildman–Crippen LogP) is 2.79. The fourth-order valence-electron chi connectivity index (χ4n) is 4.38. The lowest BCUT2D eigenvalue weighted by atomic mass is 9.79. The Morgan fingerprint density at radius 1 is 0.680 bits per heavy atom. The van der Waals surface area contributed by atoms with E-state index in [-0.39, 0.29) is 36.0 Å². The topological polar surface area (TPSA) is 68.3 Å². The summed E-state index contributed by atoms with van der Waals surface area (Å²) in [7, 11) is 0. The number of hydrogen-bond acceptors (Lipinski definition) is 4. The Kier molecular flexibility index (Phi) is 2.55. The first-order valence-electron chi connectivity index (χ1n) is 8.13. The van der Waals surface area contributed by atoms with Crippen LogP contribution < -0.4 is 0 Å². The molecule has 3 aliphatic carbocycles. The van der Waals surface area contributed by atoms with E-state index in [0.717, 1.165) is 5.56 Å². The number of benzene rings is 2. The zero-order valence-electron chi connectivity index (χ0n) is 13.2. The summed E-state index contributed by atoms with van der Waals surface area (Å²) >= 11 is 0. The summed E-state index contributed by atoms with van der Waals surface area (Å²) in [5, 5.41) is 0. The van der Waals surface area contributed by atoms with Gasteiger partial charge in [0.1, 0.15) is 5.41 Å². The smallest absolute Gasteiger partial charge is 0.187 e. The molecule has 4 nitrogen and oxygen atoms in total. The van der Waals surface area contributed by atoms with Crippen molar-refractivity contribution in [2.45, 2.75) is 12.8 Å². The molecule has 0 heterocycles. The van der Waals surface area contributed by atoms with Crippen molar-refractivity contribution >= 4 is 23.1 Å². The molecule has 5 rings (SSSR count). The quantitative estimate of drug-likeness (QED) is 0.697. The summed E-state index contributed by atoms with van der Waals surface area (Å²) in [5.41, 5.74) is 1.95. The molecule has 0 aromatic heterocycles. The van der Waals surface area contributed by atoms with Crippen molar-refractivity contribution in [1.29, 1.82) is 0 Å². The Morgan fingerprint density at radius 3 is 2.00 bits per heavy atom. The van der Waals surface area contributed by atoms with E-state index in [1.165, 1.54) is 12.2 Å². The first-order chi connectivity index (χ1) is 12.0. The second-order valence-electron chi connectivity index (χ2n) is 6.83. The van der Waals surface area contributed by atoms with Crippen molar-refractivity contribution < 1.29 is 19.2 Å². The van der Waals surface area contributed by atoms with Crippen molar-refractivity contribution in [2.24, 2.45) is 5.41 Å². The number of ketones is 4. The highest BCUT2D eigenvalue weighted by Gasteiger charge is 2.56. The molecule has 0 bridgehead atoms. The zero-order chi connectivity index (χ0) is 17.3. The highest BCUT2D eigenvalue weighted by molar-refractivity contribution is 6.30. The van der Waals surface area contributed by atoms with Crippen LogP contribution in [0.2, 0.25) is 0 Å². The summed E-state index contributed by atoms with van der Waals surface area (Å²) in [6, 6.07) is 10.3. The summed E-state index contributed by atoms with van der Waals surface area (Å²) in [6.45, 7) is 0. The van der Waals surface area contributed by atoms with E-state index < -0.39 is 5.41 Å². The Labute approximate surface area is 143 Å². The normalized spacial score (nSPS) is 19.4. The first-order valence-corrected chi connectivity index (χ1v) is 8.13. The molecule has 0 atom stereocenters. The lowest BCUT2D eigenvalue weighted by Gasteiger charge is -2.18. The summed E-state index contributed by atoms with van der Waals surface area (Å²) in [4.78, 5) is 50.5. The van der Waals surface area contributed by atoms with Gasteiger partial charge in [0.25, 0.3) is 0 Å². The Hall–Kier alpha value is -3.14. The molecule has 0 saturated heterocycles. The van der Waals surface area contributed by atoms with E-state index in [0.29, 0.717) is 27.8 Å². The maximum atomic E-state index is 13.0. The minimum atomic E-state index is -1.16. The number of allylic oxidation sites excluding steroid dienone is 2. The number of Topliss-reactive ketones (excluding diaryl/α,β-unsaturated/α-hetero) is 2. The second kappa shape index (κ2) is 4.48. The molecule has 25 heavy (non-hydrogen) atoms. The van der Waals surface area contributed by atoms with Gasteiger partial charge in [-0.3, -0.25) is 19.2 Å². The lowest BCUT2D eigenvalue weighted by molar-refractivity contribution is 0.0709. The maximum absolute atomic E-state index is 13.0. The fraction of sp³-hybridized carbons (Fsp3) is 0.143. The van der Waals surface area contributed by atoms with Crippen LogP contribution in [0.3, 0.4) is 0 Å². The maximum Gasteiger partial charge on any atom is 0.187 e. The number of hydrogen-bond donors (Lipinski definition) is 0. The summed E-state index contributed by atoms with van der Waals surface area (Å²) < 4.78 is 0. The van der Waals surface area contributed by atoms with Crippen LogP contribution in [0.15, 0.2) is 48.6 Å². The SMILES string of the molecule is O=C1C=CC(=O)c2c1ccc1c2CC2(C1)C(=O)c1ccccc1C2=O. The van der Waals surface area contributed by atoms with Gasteiger partial charge in [0.2, 0.25) is 0 Å². The number of rotatable bonds is 0. The molecule has 0 fully saturated rings. The molecule has 0 saturated carbocycles. The minimum absolute atomic E-state index is 0.178. The van der Waals surface area contributed by atoms with Gasteiger partial charge >= 0.3 is 0 Å². The van der Waals surface area contributed by atoms with Gasteiger partial charge in [-0.1, -0.05) is 36.4 Å². The van der Waals surface area contributed by atoms with Crippen LogP contribution in [0.5, 0.6) is 0 Å². The highest BCUT2D eigenvalue weighted by atomic mass is 16.2. The predicted molar refractivity (Wildman–Crippen MR) is 89.2 cm³/mol. The van der Waals surface area contributed by atoms with Crippen LogP contribution in [0, 0.1) is 5.41 Å². The Morgan fingerprint density at radius 2 is 1.32 bits per heavy atom. The molecule has 0 amide bonds. The van der Waals surface area contributed by atoms with E-state index in [1.54, 1.807) is 36.4 Å². The number of carbonyl (C=O) groups excluding carboxylic acids is 4. The van der Waals surface area contributed by atoms with E-state index in [1.807, 2.05) is 0 Å². The molecule has 3 aliphatic rings. The van der Waals surface area contributed by atoms with Gasteiger partial charge in [-0.05, 0) is 36.1 Å². The lowest BCUT2D eigenvalue weighted by Crippen LogP contribution is -2.34. The average Bonchev–Trinajstić information content (AvgIpc) is 3.11. The molecule has 1 spiro atoms. The monoisotopic (exact) mass is 328 g/mol. The van der Waals surface area contributed by atoms with Crippen molar-refractivity contribution in [3.05, 3.63) is 81.9 Å². The van der Waals surface area contributed by atoms with Crippen LogP contribution >= 0.6 is 0 Å². The van der Waals surface area contributed by atoms with Gasteiger partial charge in [-0.2, -0.15) is 0 Å². The third-order valence-corrected chi connectivity index (χ3v) is 5.56. The standard InChI is InChI=1S/C21H12O4/c22-16-7-8-17(23)18-14(16)6-5-11-9-21(10-15(11)18)19(24)12-3-1-2-4-13(12)20(21)25/h1-8H,9-10H2. The van der Waals surface area contributed by atoms with Crippen LogP contribution in [0.4, 0.5) is 0 Å². The van der Waals surface area contributed by atoms with Gasteiger partial charge in [0, 0.05) is 22.3 Å². The van der Waals surface area contributed by atoms with Gasteiger partial charge in [-0.25, -0.2) is 0 Å². The van der Waals surface area contributed by atoms with Crippen molar-refractivity contribution in [1.82, 2.24) is 0 Å². The molecule has 4 heteroatoms. The van der Waals surface area contributed by atoms with Gasteiger partial charge in [-0.15, -0.1) is 0 Å². The van der Waals surface area contributed by atoms with Crippen molar-refractivity contribution in [3.63, 3.8) is 0 Å². The third-order valence-electron chi connectivity index (χ3n) is 5.56. The molecule has 0 N–H and O–H groups in total. The molecular weight excluding hydrogens is 316 g/mol. The van der Waals surface area contributed by atoms with Gasteiger partial charge in [0.15, 0.2) is 23.1 Å². The average molecular weight is 328 g/mol. The Balaban J connectivity index is 1.69. The fourth-order valence-corrected chi connectivity index (χ4v) is 4.38. The highest BCUT2D eigenvalue weighted by Crippen LogP contribution is 2.48. The summed E-state index contributed by atoms with van der Waals surface area (Å²) in [6.07, 6.45) is 3.00. The van der Waals surface area contributed by atoms with Crippen LogP contribution in [0.1, 0.15) is 52.6 Å². The molecule has 120 valence electrons. The number of fused-ring (bicyclic) bond motifs is 4. The molecule has 2 aromatic carbocycles. The van der Waals surface area contributed by atoms with Gasteiger partial charge < -0.3 is 0 Å². The van der Waals surface area contributed by atoms with Crippen molar-refractivity contribution in [3.8, 4) is 0 Å². The van der Waals surface area contributed by atoms with E-state index in [2.05, 4.69) is 0 Å². The molecule has 2 aromatic rings. The van der Waals surface area contributed by atoms with E-state index in [4.69, 9.17) is 0 Å². The third kappa shape index (κ3) is 1.61.